The third-order valence-corrected chi connectivity index (χ3v) is 5.52. The van der Waals surface area contributed by atoms with Gasteiger partial charge < -0.3 is 14.8 Å². The van der Waals surface area contributed by atoms with Crippen LogP contribution in [0.4, 0.5) is 5.69 Å². The van der Waals surface area contributed by atoms with E-state index < -0.39 is 10.0 Å². The summed E-state index contributed by atoms with van der Waals surface area (Å²) in [7, 11) is -2.10. The Labute approximate surface area is 166 Å². The molecule has 0 aromatic heterocycles. The minimum absolute atomic E-state index is 0.117. The Morgan fingerprint density at radius 3 is 2.21 bits per heavy atom. The van der Waals surface area contributed by atoms with Gasteiger partial charge in [-0.05, 0) is 56.2 Å². The van der Waals surface area contributed by atoms with Crippen LogP contribution in [0.2, 0.25) is 0 Å². The van der Waals surface area contributed by atoms with Crippen molar-refractivity contribution >= 4 is 21.6 Å². The zero-order valence-corrected chi connectivity index (χ0v) is 17.4. The van der Waals surface area contributed by atoms with Crippen LogP contribution in [0.15, 0.2) is 41.3 Å². The number of ether oxygens (including phenoxy) is 2. The fraction of sp³-hybridized carbons (Fsp3) is 0.350. The van der Waals surface area contributed by atoms with E-state index in [1.165, 1.54) is 31.4 Å². The van der Waals surface area contributed by atoms with E-state index in [1.54, 1.807) is 0 Å². The molecule has 152 valence electrons. The van der Waals surface area contributed by atoms with Crippen LogP contribution >= 0.6 is 0 Å². The molecule has 0 aliphatic rings. The summed E-state index contributed by atoms with van der Waals surface area (Å²) in [4.78, 5) is 12.3. The molecule has 0 saturated heterocycles. The number of nitrogens with one attached hydrogen (secondary N) is 2. The van der Waals surface area contributed by atoms with Gasteiger partial charge in [-0.1, -0.05) is 17.7 Å². The topological polar surface area (TPSA) is 93.7 Å². The Bertz CT molecular complexity index is 901. The van der Waals surface area contributed by atoms with E-state index >= 15 is 0 Å². The van der Waals surface area contributed by atoms with Gasteiger partial charge in [-0.2, -0.15) is 0 Å². The number of carbonyl (C=O) groups excluding carboxylic acids is 1. The van der Waals surface area contributed by atoms with Crippen molar-refractivity contribution < 1.29 is 22.7 Å². The Balaban J connectivity index is 1.94. The van der Waals surface area contributed by atoms with Crippen molar-refractivity contribution in [2.45, 2.75) is 25.7 Å². The molecule has 0 unspecified atom stereocenters. The van der Waals surface area contributed by atoms with E-state index in [-0.39, 0.29) is 30.6 Å². The van der Waals surface area contributed by atoms with E-state index in [9.17, 15) is 13.2 Å². The summed E-state index contributed by atoms with van der Waals surface area (Å²) in [5.41, 5.74) is 3.89. The SMILES string of the molecule is COCCNS(=O)(=O)c1ccc(OCC(=O)Nc2c(C)cc(C)cc2C)cc1. The number of hydrogen-bond acceptors (Lipinski definition) is 5. The number of aryl methyl sites for hydroxylation is 3. The van der Waals surface area contributed by atoms with Crippen LogP contribution < -0.4 is 14.8 Å². The zero-order chi connectivity index (χ0) is 20.7. The number of benzene rings is 2. The molecule has 0 bridgehead atoms. The number of rotatable bonds is 9. The highest BCUT2D eigenvalue weighted by atomic mass is 32.2. The fourth-order valence-corrected chi connectivity index (χ4v) is 3.79. The monoisotopic (exact) mass is 406 g/mol. The fourth-order valence-electron chi connectivity index (χ4n) is 2.78. The van der Waals surface area contributed by atoms with Gasteiger partial charge in [0.15, 0.2) is 6.61 Å². The molecule has 0 atom stereocenters. The molecule has 2 N–H and O–H groups in total. The summed E-state index contributed by atoms with van der Waals surface area (Å²) in [5.74, 6) is 0.122. The van der Waals surface area contributed by atoms with Crippen molar-refractivity contribution in [2.75, 3.05) is 32.2 Å². The molecule has 0 heterocycles. The first-order valence-electron chi connectivity index (χ1n) is 8.82. The van der Waals surface area contributed by atoms with Crippen LogP contribution in [-0.4, -0.2) is 41.2 Å². The molecule has 0 fully saturated rings. The van der Waals surface area contributed by atoms with Gasteiger partial charge in [-0.15, -0.1) is 0 Å². The van der Waals surface area contributed by atoms with Gasteiger partial charge in [-0.3, -0.25) is 4.79 Å². The maximum absolute atomic E-state index is 12.2. The summed E-state index contributed by atoms with van der Waals surface area (Å²) < 4.78 is 36.9. The van der Waals surface area contributed by atoms with E-state index in [1.807, 2.05) is 32.9 Å². The number of carbonyl (C=O) groups is 1. The molecule has 0 saturated carbocycles. The molecule has 8 heteroatoms. The normalized spacial score (nSPS) is 11.3. The predicted molar refractivity (Wildman–Crippen MR) is 108 cm³/mol. The number of methoxy groups -OCH3 is 1. The minimum Gasteiger partial charge on any atom is -0.484 e. The van der Waals surface area contributed by atoms with E-state index in [0.29, 0.717) is 5.75 Å². The molecule has 2 aromatic carbocycles. The number of hydrogen-bond donors (Lipinski definition) is 2. The molecule has 0 radical (unpaired) electrons. The maximum atomic E-state index is 12.2. The molecular formula is C20H26N2O5S. The summed E-state index contributed by atoms with van der Waals surface area (Å²) in [6, 6.07) is 9.89. The smallest absolute Gasteiger partial charge is 0.262 e. The largest absolute Gasteiger partial charge is 0.484 e. The summed E-state index contributed by atoms with van der Waals surface area (Å²) in [6.07, 6.45) is 0. The van der Waals surface area contributed by atoms with Gasteiger partial charge in [-0.25, -0.2) is 13.1 Å². The first kappa shape index (κ1) is 21.9. The molecule has 0 aliphatic carbocycles. The van der Waals surface area contributed by atoms with Crippen molar-refractivity contribution in [2.24, 2.45) is 0 Å². The molecule has 0 aliphatic heterocycles. The van der Waals surface area contributed by atoms with Crippen molar-refractivity contribution in [3.8, 4) is 5.75 Å². The van der Waals surface area contributed by atoms with Crippen LogP contribution in [-0.2, 0) is 19.6 Å². The Hall–Kier alpha value is -2.42. The maximum Gasteiger partial charge on any atom is 0.262 e. The van der Waals surface area contributed by atoms with Gasteiger partial charge in [0.2, 0.25) is 10.0 Å². The highest BCUT2D eigenvalue weighted by Gasteiger charge is 2.14. The molecule has 2 rings (SSSR count). The van der Waals surface area contributed by atoms with Gasteiger partial charge in [0, 0.05) is 19.3 Å². The van der Waals surface area contributed by atoms with Crippen LogP contribution in [0.25, 0.3) is 0 Å². The average Bonchev–Trinajstić information content (AvgIpc) is 2.63. The third-order valence-electron chi connectivity index (χ3n) is 4.04. The predicted octanol–water partition coefficient (Wildman–Crippen LogP) is 2.55. The number of anilines is 1. The minimum atomic E-state index is -3.60. The van der Waals surface area contributed by atoms with Crippen molar-refractivity contribution in [3.63, 3.8) is 0 Å². The van der Waals surface area contributed by atoms with E-state index in [4.69, 9.17) is 9.47 Å². The standard InChI is InChI=1S/C20H26N2O5S/c1-14-11-15(2)20(16(3)12-14)22-19(23)13-27-17-5-7-18(8-6-17)28(24,25)21-9-10-26-4/h5-8,11-12,21H,9-10,13H2,1-4H3,(H,22,23). The highest BCUT2D eigenvalue weighted by molar-refractivity contribution is 7.89. The number of sulfonamides is 1. The van der Waals surface area contributed by atoms with Crippen LogP contribution in [0.3, 0.4) is 0 Å². The second kappa shape index (κ2) is 9.68. The lowest BCUT2D eigenvalue weighted by Crippen LogP contribution is -2.27. The van der Waals surface area contributed by atoms with Crippen molar-refractivity contribution in [1.82, 2.24) is 4.72 Å². The third kappa shape index (κ3) is 6.05. The lowest BCUT2D eigenvalue weighted by molar-refractivity contribution is -0.118. The quantitative estimate of drug-likeness (QED) is 0.624. The summed E-state index contributed by atoms with van der Waals surface area (Å²) >= 11 is 0. The Morgan fingerprint density at radius 1 is 1.04 bits per heavy atom. The summed E-state index contributed by atoms with van der Waals surface area (Å²) in [5, 5.41) is 2.86. The van der Waals surface area contributed by atoms with Gasteiger partial charge in [0.25, 0.3) is 5.91 Å². The van der Waals surface area contributed by atoms with Gasteiger partial charge in [0.05, 0.1) is 11.5 Å². The second-order valence-corrected chi connectivity index (χ2v) is 8.24. The van der Waals surface area contributed by atoms with Crippen LogP contribution in [0.5, 0.6) is 5.75 Å². The van der Waals surface area contributed by atoms with Gasteiger partial charge in [0.1, 0.15) is 5.75 Å². The van der Waals surface area contributed by atoms with E-state index in [0.717, 1.165) is 22.4 Å². The van der Waals surface area contributed by atoms with Crippen molar-refractivity contribution in [1.29, 1.82) is 0 Å². The summed E-state index contributed by atoms with van der Waals surface area (Å²) in [6.45, 7) is 6.19. The molecular weight excluding hydrogens is 380 g/mol. The number of amides is 1. The molecule has 7 nitrogen and oxygen atoms in total. The lowest BCUT2D eigenvalue weighted by atomic mass is 10.1. The molecule has 0 spiro atoms. The molecule has 1 amide bonds. The first-order valence-corrected chi connectivity index (χ1v) is 10.3. The average molecular weight is 407 g/mol. The van der Waals surface area contributed by atoms with Crippen molar-refractivity contribution in [3.05, 3.63) is 53.1 Å². The Morgan fingerprint density at radius 2 is 1.64 bits per heavy atom. The zero-order valence-electron chi connectivity index (χ0n) is 16.5. The molecule has 2 aromatic rings. The van der Waals surface area contributed by atoms with E-state index in [2.05, 4.69) is 10.0 Å². The molecule has 28 heavy (non-hydrogen) atoms. The highest BCUT2D eigenvalue weighted by Crippen LogP contribution is 2.22. The first-order chi connectivity index (χ1) is 13.2. The second-order valence-electron chi connectivity index (χ2n) is 6.47. The van der Waals surface area contributed by atoms with Crippen LogP contribution in [0, 0.1) is 20.8 Å². The van der Waals surface area contributed by atoms with Gasteiger partial charge >= 0.3 is 0 Å². The Kier molecular flexibility index (Phi) is 7.56. The lowest BCUT2D eigenvalue weighted by Gasteiger charge is -2.13. The van der Waals surface area contributed by atoms with Crippen LogP contribution in [0.1, 0.15) is 16.7 Å².